The normalized spacial score (nSPS) is 16.3. The van der Waals surface area contributed by atoms with Gasteiger partial charge >= 0.3 is 5.97 Å². The van der Waals surface area contributed by atoms with Crippen molar-refractivity contribution < 1.29 is 29.4 Å². The van der Waals surface area contributed by atoms with Crippen molar-refractivity contribution in [1.29, 1.82) is 0 Å². The van der Waals surface area contributed by atoms with Crippen LogP contribution in [0.2, 0.25) is 0 Å². The van der Waals surface area contributed by atoms with Gasteiger partial charge < -0.3 is 36.9 Å². The van der Waals surface area contributed by atoms with Gasteiger partial charge in [-0.15, -0.1) is 0 Å². The van der Waals surface area contributed by atoms with Gasteiger partial charge in [0.25, 0.3) is 0 Å². The number of carboxylic acid groups (broad SMARTS) is 1. The highest BCUT2D eigenvalue weighted by Crippen LogP contribution is 2.19. The highest BCUT2D eigenvalue weighted by atomic mass is 32.1. The highest BCUT2D eigenvalue weighted by molar-refractivity contribution is 7.80. The molecule has 1 aromatic heterocycles. The quantitative estimate of drug-likeness (QED) is 0.169. The second-order valence-electron chi connectivity index (χ2n) is 8.84. The van der Waals surface area contributed by atoms with Crippen LogP contribution in [0.5, 0.6) is 0 Å². The third-order valence-electron chi connectivity index (χ3n) is 6.15. The number of aliphatic carboxylic acids is 1. The number of hydrogen-bond donors (Lipinski definition) is 8. The van der Waals surface area contributed by atoms with Gasteiger partial charge in [-0.2, -0.15) is 12.6 Å². The number of amides is 3. The molecule has 1 heterocycles. The van der Waals surface area contributed by atoms with Crippen LogP contribution in [-0.4, -0.2) is 74.9 Å². The van der Waals surface area contributed by atoms with Gasteiger partial charge in [0, 0.05) is 29.3 Å². The Hall–Kier alpha value is -3.09. The summed E-state index contributed by atoms with van der Waals surface area (Å²) in [4.78, 5) is 53.4. The van der Waals surface area contributed by atoms with Crippen LogP contribution < -0.4 is 21.7 Å². The lowest BCUT2D eigenvalue weighted by Crippen LogP contribution is -2.59. The van der Waals surface area contributed by atoms with Gasteiger partial charge in [-0.05, 0) is 24.5 Å². The topological polar surface area (TPSA) is 187 Å². The predicted molar refractivity (Wildman–Crippen MR) is 138 cm³/mol. The lowest BCUT2D eigenvalue weighted by Gasteiger charge is -2.26. The minimum Gasteiger partial charge on any atom is -0.480 e. The van der Waals surface area contributed by atoms with Crippen LogP contribution in [-0.2, 0) is 25.6 Å². The Morgan fingerprint density at radius 3 is 2.22 bits per heavy atom. The first-order chi connectivity index (χ1) is 17.0. The number of hydrogen-bond acceptors (Lipinski definition) is 7. The van der Waals surface area contributed by atoms with E-state index in [9.17, 15) is 29.4 Å². The molecule has 11 nitrogen and oxygen atoms in total. The molecule has 0 fully saturated rings. The summed E-state index contributed by atoms with van der Waals surface area (Å²) in [6.07, 6.45) is 1.17. The lowest BCUT2D eigenvalue weighted by atomic mass is 9.98. The number of aromatic amines is 1. The van der Waals surface area contributed by atoms with Crippen molar-refractivity contribution >= 4 is 47.2 Å². The molecule has 1 aromatic carbocycles. The average molecular weight is 522 g/mol. The first-order valence-electron chi connectivity index (χ1n) is 11.7. The number of aliphatic hydroxyl groups excluding tert-OH is 1. The van der Waals surface area contributed by atoms with Gasteiger partial charge in [-0.25, -0.2) is 4.79 Å². The number of carbonyl (C=O) groups is 4. The molecule has 0 saturated carbocycles. The second-order valence-corrected chi connectivity index (χ2v) is 9.21. The Morgan fingerprint density at radius 1 is 1.03 bits per heavy atom. The van der Waals surface area contributed by atoms with Crippen LogP contribution >= 0.6 is 12.6 Å². The van der Waals surface area contributed by atoms with Crippen LogP contribution in [0, 0.1) is 5.92 Å². The third kappa shape index (κ3) is 7.45. The third-order valence-corrected chi connectivity index (χ3v) is 6.51. The second kappa shape index (κ2) is 13.3. The largest absolute Gasteiger partial charge is 0.480 e. The Balaban J connectivity index is 2.29. The Labute approximate surface area is 215 Å². The zero-order valence-corrected chi connectivity index (χ0v) is 21.4. The van der Waals surface area contributed by atoms with Crippen molar-refractivity contribution in [3.63, 3.8) is 0 Å². The highest BCUT2D eigenvalue weighted by Gasteiger charge is 2.32. The lowest BCUT2D eigenvalue weighted by molar-refractivity contribution is -0.143. The molecule has 2 rings (SSSR count). The van der Waals surface area contributed by atoms with Gasteiger partial charge in [-0.3, -0.25) is 14.4 Å². The number of para-hydroxylation sites is 1. The average Bonchev–Trinajstić information content (AvgIpc) is 3.26. The molecule has 0 aliphatic rings. The minimum absolute atomic E-state index is 0.0643. The summed E-state index contributed by atoms with van der Waals surface area (Å²) in [5, 5.41) is 27.6. The molecule has 0 aliphatic heterocycles. The number of carboxylic acids is 1. The minimum atomic E-state index is -1.25. The number of benzene rings is 1. The maximum Gasteiger partial charge on any atom is 0.326 e. The molecule has 6 atom stereocenters. The van der Waals surface area contributed by atoms with E-state index in [2.05, 4.69) is 33.6 Å². The smallest absolute Gasteiger partial charge is 0.326 e. The molecule has 6 unspecified atom stereocenters. The van der Waals surface area contributed by atoms with Gasteiger partial charge in [0.05, 0.1) is 6.10 Å². The molecule has 198 valence electrons. The van der Waals surface area contributed by atoms with E-state index in [1.165, 1.54) is 6.92 Å². The summed E-state index contributed by atoms with van der Waals surface area (Å²) in [6, 6.07) is 2.75. The summed E-state index contributed by atoms with van der Waals surface area (Å²) < 4.78 is 0. The fourth-order valence-electron chi connectivity index (χ4n) is 3.62. The molecule has 2 aromatic rings. The number of aromatic nitrogens is 1. The van der Waals surface area contributed by atoms with Crippen molar-refractivity contribution in [2.45, 2.75) is 63.9 Å². The molecular weight excluding hydrogens is 486 g/mol. The monoisotopic (exact) mass is 521 g/mol. The molecule has 0 spiro atoms. The van der Waals surface area contributed by atoms with E-state index in [0.29, 0.717) is 6.42 Å². The first-order valence-corrected chi connectivity index (χ1v) is 12.4. The van der Waals surface area contributed by atoms with Crippen LogP contribution in [0.4, 0.5) is 0 Å². The summed E-state index contributed by atoms with van der Waals surface area (Å²) in [7, 11) is 0. The van der Waals surface area contributed by atoms with Crippen molar-refractivity contribution in [2.24, 2.45) is 11.7 Å². The maximum absolute atomic E-state index is 13.2. The van der Waals surface area contributed by atoms with E-state index >= 15 is 0 Å². The molecule has 8 N–H and O–H groups in total. The Kier molecular flexibility index (Phi) is 10.8. The van der Waals surface area contributed by atoms with Crippen LogP contribution in [0.15, 0.2) is 30.5 Å². The first kappa shape index (κ1) is 29.1. The van der Waals surface area contributed by atoms with E-state index in [-0.39, 0.29) is 18.1 Å². The van der Waals surface area contributed by atoms with Crippen LogP contribution in [0.25, 0.3) is 10.9 Å². The van der Waals surface area contributed by atoms with E-state index < -0.39 is 54.0 Å². The Morgan fingerprint density at radius 2 is 1.64 bits per heavy atom. The number of carbonyl (C=O) groups excluding carboxylic acids is 3. The van der Waals surface area contributed by atoms with Crippen molar-refractivity contribution in [2.75, 3.05) is 5.75 Å². The number of nitrogens with two attached hydrogens (primary N) is 1. The van der Waals surface area contributed by atoms with Gasteiger partial charge in [0.2, 0.25) is 17.7 Å². The zero-order chi connectivity index (χ0) is 27.0. The number of thiol groups is 1. The summed E-state index contributed by atoms with van der Waals surface area (Å²) in [6.45, 7) is 4.87. The summed E-state index contributed by atoms with van der Waals surface area (Å²) in [5.41, 5.74) is 7.22. The molecule has 0 bridgehead atoms. The van der Waals surface area contributed by atoms with E-state index in [1.807, 2.05) is 31.2 Å². The fraction of sp³-hybridized carbons (Fsp3) is 0.500. The standard InChI is InChI=1S/C24H35N5O6S/c1-4-12(2)20(24(34)35)29-21(31)17(9-14-10-26-16-8-6-5-7-15(14)16)27-22(32)18(11-36)28-23(33)19(25)13(3)30/h5-8,10,12-13,17-20,26,30,36H,4,9,11,25H2,1-3H3,(H,27,32)(H,28,33)(H,29,31)(H,34,35). The number of rotatable bonds is 13. The number of nitrogens with one attached hydrogen (secondary N) is 4. The van der Waals surface area contributed by atoms with Crippen molar-refractivity contribution in [1.82, 2.24) is 20.9 Å². The fourth-order valence-corrected chi connectivity index (χ4v) is 3.88. The molecule has 0 saturated heterocycles. The van der Waals surface area contributed by atoms with Crippen LogP contribution in [0.3, 0.4) is 0 Å². The molecule has 0 aliphatic carbocycles. The van der Waals surface area contributed by atoms with Crippen LogP contribution in [0.1, 0.15) is 32.8 Å². The molecule has 3 amide bonds. The zero-order valence-electron chi connectivity index (χ0n) is 20.5. The van der Waals surface area contributed by atoms with Crippen molar-refractivity contribution in [3.05, 3.63) is 36.0 Å². The SMILES string of the molecule is CCC(C)C(NC(=O)C(Cc1c[nH]c2ccccc12)NC(=O)C(CS)NC(=O)C(N)C(C)O)C(=O)O. The van der Waals surface area contributed by atoms with E-state index in [4.69, 9.17) is 5.73 Å². The number of aliphatic hydroxyl groups is 1. The molecule has 0 radical (unpaired) electrons. The summed E-state index contributed by atoms with van der Waals surface area (Å²) >= 11 is 4.12. The predicted octanol–water partition coefficient (Wildman–Crippen LogP) is -0.0666. The van der Waals surface area contributed by atoms with Gasteiger partial charge in [0.1, 0.15) is 24.2 Å². The Bertz CT molecular complexity index is 1070. The van der Waals surface area contributed by atoms with Gasteiger partial charge in [-0.1, -0.05) is 38.5 Å². The number of fused-ring (bicyclic) bond motifs is 1. The van der Waals surface area contributed by atoms with Gasteiger partial charge in [0.15, 0.2) is 0 Å². The van der Waals surface area contributed by atoms with Crippen molar-refractivity contribution in [3.8, 4) is 0 Å². The molecular formula is C24H35N5O6S. The van der Waals surface area contributed by atoms with E-state index in [1.54, 1.807) is 13.1 Å². The van der Waals surface area contributed by atoms with E-state index in [0.717, 1.165) is 16.5 Å². The molecule has 12 heteroatoms. The summed E-state index contributed by atoms with van der Waals surface area (Å²) in [5.74, 6) is -3.75. The molecule has 36 heavy (non-hydrogen) atoms. The number of H-pyrrole nitrogens is 1. The maximum atomic E-state index is 13.2.